The number of aromatic nitrogens is 2. The number of hydrogen-bond donors (Lipinski definition) is 1. The molecule has 1 fully saturated rings. The maximum atomic E-state index is 4.73. The van der Waals surface area contributed by atoms with Crippen molar-refractivity contribution in [3.63, 3.8) is 0 Å². The normalized spacial score (nSPS) is 18.7. The standard InChI is InChI=1S/C16H23N3/c1-4-17-15(16(2)9-10-16)11-13-12-7-5-6-8-14(12)19(3)18-13/h5-8,15,17H,4,9-11H2,1-3H3. The van der Waals surface area contributed by atoms with E-state index in [1.54, 1.807) is 0 Å². The molecule has 1 heterocycles. The fraction of sp³-hybridized carbons (Fsp3) is 0.562. The van der Waals surface area contributed by atoms with Gasteiger partial charge in [0.1, 0.15) is 0 Å². The van der Waals surface area contributed by atoms with Crippen molar-refractivity contribution >= 4 is 10.9 Å². The first-order valence-electron chi connectivity index (χ1n) is 7.28. The molecule has 1 aliphatic carbocycles. The summed E-state index contributed by atoms with van der Waals surface area (Å²) in [5.41, 5.74) is 2.94. The van der Waals surface area contributed by atoms with E-state index in [1.807, 2.05) is 11.7 Å². The van der Waals surface area contributed by atoms with Gasteiger partial charge in [0.2, 0.25) is 0 Å². The minimum absolute atomic E-state index is 0.481. The molecule has 3 nitrogen and oxygen atoms in total. The molecule has 0 bridgehead atoms. The molecule has 102 valence electrons. The lowest BCUT2D eigenvalue weighted by molar-refractivity contribution is 0.358. The third kappa shape index (κ3) is 2.27. The first-order valence-corrected chi connectivity index (χ1v) is 7.28. The highest BCUT2D eigenvalue weighted by atomic mass is 15.3. The van der Waals surface area contributed by atoms with Crippen LogP contribution in [-0.2, 0) is 13.5 Å². The topological polar surface area (TPSA) is 29.9 Å². The van der Waals surface area contributed by atoms with Crippen LogP contribution in [-0.4, -0.2) is 22.4 Å². The molecule has 1 saturated carbocycles. The lowest BCUT2D eigenvalue weighted by Gasteiger charge is -2.23. The van der Waals surface area contributed by atoms with E-state index in [-0.39, 0.29) is 0 Å². The molecule has 0 amide bonds. The molecule has 0 spiro atoms. The number of nitrogens with zero attached hydrogens (tertiary/aromatic N) is 2. The van der Waals surface area contributed by atoms with Gasteiger partial charge >= 0.3 is 0 Å². The molecule has 3 heteroatoms. The van der Waals surface area contributed by atoms with E-state index in [0.717, 1.165) is 13.0 Å². The maximum Gasteiger partial charge on any atom is 0.0718 e. The van der Waals surface area contributed by atoms with Crippen LogP contribution in [0, 0.1) is 5.41 Å². The highest BCUT2D eigenvalue weighted by molar-refractivity contribution is 5.81. The van der Waals surface area contributed by atoms with Gasteiger partial charge in [-0.25, -0.2) is 0 Å². The Labute approximate surface area is 115 Å². The van der Waals surface area contributed by atoms with Crippen LogP contribution in [0.1, 0.15) is 32.4 Å². The summed E-state index contributed by atoms with van der Waals surface area (Å²) in [7, 11) is 2.03. The molecule has 0 radical (unpaired) electrons. The van der Waals surface area contributed by atoms with Crippen molar-refractivity contribution in [2.75, 3.05) is 6.54 Å². The summed E-state index contributed by atoms with van der Waals surface area (Å²) in [4.78, 5) is 0. The lowest BCUT2D eigenvalue weighted by Crippen LogP contribution is -2.38. The van der Waals surface area contributed by atoms with Gasteiger partial charge in [0.05, 0.1) is 11.2 Å². The Morgan fingerprint density at radius 2 is 2.11 bits per heavy atom. The Hall–Kier alpha value is -1.35. The summed E-state index contributed by atoms with van der Waals surface area (Å²) in [6.07, 6.45) is 3.72. The van der Waals surface area contributed by atoms with Crippen molar-refractivity contribution in [3.8, 4) is 0 Å². The average molecular weight is 257 g/mol. The molecule has 1 aromatic carbocycles. The van der Waals surface area contributed by atoms with Crippen LogP contribution in [0.4, 0.5) is 0 Å². The molecule has 1 aromatic heterocycles. The molecule has 2 aromatic rings. The molecule has 19 heavy (non-hydrogen) atoms. The number of para-hydroxylation sites is 1. The molecular formula is C16H23N3. The zero-order chi connectivity index (χ0) is 13.5. The molecule has 1 atom stereocenters. The van der Waals surface area contributed by atoms with E-state index in [2.05, 4.69) is 43.4 Å². The number of benzene rings is 1. The van der Waals surface area contributed by atoms with E-state index >= 15 is 0 Å². The quantitative estimate of drug-likeness (QED) is 0.892. The molecule has 3 rings (SSSR count). The summed E-state index contributed by atoms with van der Waals surface area (Å²) in [5, 5.41) is 9.69. The van der Waals surface area contributed by atoms with Gasteiger partial charge in [0.15, 0.2) is 0 Å². The second-order valence-corrected chi connectivity index (χ2v) is 6.06. The number of rotatable bonds is 5. The van der Waals surface area contributed by atoms with E-state index in [1.165, 1.54) is 29.4 Å². The second-order valence-electron chi connectivity index (χ2n) is 6.06. The first-order chi connectivity index (χ1) is 9.14. The van der Waals surface area contributed by atoms with E-state index in [4.69, 9.17) is 5.10 Å². The summed E-state index contributed by atoms with van der Waals surface area (Å²) in [5.74, 6) is 0. The summed E-state index contributed by atoms with van der Waals surface area (Å²) in [6, 6.07) is 9.07. The first kappa shape index (κ1) is 12.7. The van der Waals surface area contributed by atoms with Crippen LogP contribution in [0.25, 0.3) is 10.9 Å². The van der Waals surface area contributed by atoms with E-state index in [9.17, 15) is 0 Å². The van der Waals surface area contributed by atoms with Gasteiger partial charge in [0, 0.05) is 24.9 Å². The highest BCUT2D eigenvalue weighted by Crippen LogP contribution is 2.49. The zero-order valence-electron chi connectivity index (χ0n) is 12.1. The minimum atomic E-state index is 0.481. The van der Waals surface area contributed by atoms with Crippen molar-refractivity contribution < 1.29 is 0 Å². The Morgan fingerprint density at radius 1 is 1.37 bits per heavy atom. The van der Waals surface area contributed by atoms with Gasteiger partial charge in [-0.1, -0.05) is 32.0 Å². The second kappa shape index (κ2) is 4.64. The summed E-state index contributed by atoms with van der Waals surface area (Å²) in [6.45, 7) is 5.62. The van der Waals surface area contributed by atoms with Crippen molar-refractivity contribution in [1.29, 1.82) is 0 Å². The average Bonchev–Trinajstić information content (AvgIpc) is 3.08. The number of aryl methyl sites for hydroxylation is 1. The number of nitrogens with one attached hydrogen (secondary N) is 1. The third-order valence-electron chi connectivity index (χ3n) is 4.56. The monoisotopic (exact) mass is 257 g/mol. The Kier molecular flexibility index (Phi) is 3.09. The minimum Gasteiger partial charge on any atom is -0.313 e. The SMILES string of the molecule is CCNC(Cc1nn(C)c2ccccc12)C1(C)CC1. The molecule has 1 aliphatic rings. The Morgan fingerprint density at radius 3 is 2.79 bits per heavy atom. The van der Waals surface area contributed by atoms with Crippen molar-refractivity contribution in [1.82, 2.24) is 15.1 Å². The van der Waals surface area contributed by atoms with Gasteiger partial charge in [0.25, 0.3) is 0 Å². The summed E-state index contributed by atoms with van der Waals surface area (Å²) < 4.78 is 2.00. The van der Waals surface area contributed by atoms with E-state index < -0.39 is 0 Å². The van der Waals surface area contributed by atoms with Crippen LogP contribution >= 0.6 is 0 Å². The Balaban J connectivity index is 1.91. The molecule has 1 unspecified atom stereocenters. The number of hydrogen-bond acceptors (Lipinski definition) is 2. The van der Waals surface area contributed by atoms with E-state index in [0.29, 0.717) is 11.5 Å². The molecule has 0 saturated heterocycles. The van der Waals surface area contributed by atoms with Crippen LogP contribution in [0.5, 0.6) is 0 Å². The maximum absolute atomic E-state index is 4.73. The fourth-order valence-electron chi connectivity index (χ4n) is 2.99. The Bertz CT molecular complexity index is 581. The van der Waals surface area contributed by atoms with Crippen LogP contribution in [0.2, 0.25) is 0 Å². The van der Waals surface area contributed by atoms with Crippen LogP contribution < -0.4 is 5.32 Å². The predicted molar refractivity (Wildman–Crippen MR) is 79.2 cm³/mol. The van der Waals surface area contributed by atoms with Crippen LogP contribution in [0.3, 0.4) is 0 Å². The third-order valence-corrected chi connectivity index (χ3v) is 4.56. The largest absolute Gasteiger partial charge is 0.313 e. The molecule has 1 N–H and O–H groups in total. The van der Waals surface area contributed by atoms with Gasteiger partial charge < -0.3 is 5.32 Å². The van der Waals surface area contributed by atoms with Crippen LogP contribution in [0.15, 0.2) is 24.3 Å². The molecule has 0 aliphatic heterocycles. The smallest absolute Gasteiger partial charge is 0.0718 e. The lowest BCUT2D eigenvalue weighted by atomic mass is 9.93. The highest BCUT2D eigenvalue weighted by Gasteiger charge is 2.44. The predicted octanol–water partition coefficient (Wildman–Crippen LogP) is 2.89. The van der Waals surface area contributed by atoms with Gasteiger partial charge in [-0.15, -0.1) is 0 Å². The van der Waals surface area contributed by atoms with Crippen molar-refractivity contribution in [2.24, 2.45) is 12.5 Å². The summed E-state index contributed by atoms with van der Waals surface area (Å²) >= 11 is 0. The molecular weight excluding hydrogens is 234 g/mol. The van der Waals surface area contributed by atoms with Gasteiger partial charge in [-0.05, 0) is 30.9 Å². The van der Waals surface area contributed by atoms with Gasteiger partial charge in [-0.2, -0.15) is 5.10 Å². The zero-order valence-corrected chi connectivity index (χ0v) is 12.1. The number of likely N-dealkylation sites (N-methyl/N-ethyl adjacent to an activating group) is 1. The fourth-order valence-corrected chi connectivity index (χ4v) is 2.99. The van der Waals surface area contributed by atoms with Gasteiger partial charge in [-0.3, -0.25) is 4.68 Å². The number of fused-ring (bicyclic) bond motifs is 1. The van der Waals surface area contributed by atoms with Crippen molar-refractivity contribution in [2.45, 2.75) is 39.2 Å². The van der Waals surface area contributed by atoms with Crippen molar-refractivity contribution in [3.05, 3.63) is 30.0 Å².